The van der Waals surface area contributed by atoms with Gasteiger partial charge in [-0.1, -0.05) is 36.7 Å². The first-order valence-corrected chi connectivity index (χ1v) is 7.81. The number of likely N-dealkylation sites (N-methyl/N-ethyl adjacent to an activating group) is 1. The molecular weight excluding hydrogens is 360 g/mol. The van der Waals surface area contributed by atoms with Crippen molar-refractivity contribution < 1.29 is 8.78 Å². The minimum atomic E-state index is -0.823. The summed E-state index contributed by atoms with van der Waals surface area (Å²) >= 11 is 9.45. The lowest BCUT2D eigenvalue weighted by Crippen LogP contribution is -2.23. The zero-order valence-corrected chi connectivity index (χ0v) is 13.8. The second-order valence-corrected chi connectivity index (χ2v) is 5.96. The van der Waals surface area contributed by atoms with Crippen molar-refractivity contribution in [1.29, 1.82) is 0 Å². The Balaban J connectivity index is 2.30. The molecule has 0 saturated carbocycles. The maximum Gasteiger partial charge on any atom is 0.162 e. The Bertz CT molecular complexity index is 634. The van der Waals surface area contributed by atoms with E-state index in [1.807, 2.05) is 25.1 Å². The van der Waals surface area contributed by atoms with Crippen molar-refractivity contribution in [2.24, 2.45) is 0 Å². The summed E-state index contributed by atoms with van der Waals surface area (Å²) in [7, 11) is 0. The lowest BCUT2D eigenvalue weighted by molar-refractivity contribution is 0.481. The monoisotopic (exact) mass is 373 g/mol. The molecule has 1 atom stereocenters. The van der Waals surface area contributed by atoms with Crippen molar-refractivity contribution >= 4 is 27.5 Å². The van der Waals surface area contributed by atoms with Gasteiger partial charge in [-0.25, -0.2) is 8.78 Å². The Labute approximate surface area is 136 Å². The highest BCUT2D eigenvalue weighted by molar-refractivity contribution is 9.10. The molecule has 5 heteroatoms. The van der Waals surface area contributed by atoms with Gasteiger partial charge >= 0.3 is 0 Å². The van der Waals surface area contributed by atoms with E-state index in [9.17, 15) is 8.78 Å². The number of benzene rings is 2. The molecule has 21 heavy (non-hydrogen) atoms. The highest BCUT2D eigenvalue weighted by Gasteiger charge is 2.16. The van der Waals surface area contributed by atoms with Gasteiger partial charge in [-0.05, 0) is 58.2 Å². The second kappa shape index (κ2) is 7.34. The van der Waals surface area contributed by atoms with Crippen LogP contribution in [0.1, 0.15) is 24.1 Å². The van der Waals surface area contributed by atoms with E-state index in [-0.39, 0.29) is 6.04 Å². The molecule has 0 bridgehead atoms. The number of hydrogen-bond acceptors (Lipinski definition) is 1. The fourth-order valence-corrected chi connectivity index (χ4v) is 2.65. The van der Waals surface area contributed by atoms with Gasteiger partial charge in [0.1, 0.15) is 0 Å². The van der Waals surface area contributed by atoms with Crippen molar-refractivity contribution in [2.45, 2.75) is 19.4 Å². The number of halogens is 4. The maximum atomic E-state index is 13.8. The molecule has 0 aliphatic carbocycles. The highest BCUT2D eigenvalue weighted by Crippen LogP contribution is 2.28. The van der Waals surface area contributed by atoms with E-state index in [4.69, 9.17) is 11.6 Å². The lowest BCUT2D eigenvalue weighted by Gasteiger charge is -2.19. The van der Waals surface area contributed by atoms with Crippen molar-refractivity contribution in [3.05, 3.63) is 68.7 Å². The first kappa shape index (κ1) is 16.4. The standard InChI is InChI=1S/C16H15BrClF2N/c1-2-21-15(10-6-7-12(17)13(18)8-10)9-11-4-3-5-14(19)16(11)20/h3-8,15,21H,2,9H2,1H3. The van der Waals surface area contributed by atoms with Gasteiger partial charge in [-0.3, -0.25) is 0 Å². The summed E-state index contributed by atoms with van der Waals surface area (Å²) in [6.07, 6.45) is 0.357. The van der Waals surface area contributed by atoms with Crippen molar-refractivity contribution in [3.63, 3.8) is 0 Å². The van der Waals surface area contributed by atoms with E-state index in [0.717, 1.165) is 22.6 Å². The minimum absolute atomic E-state index is 0.128. The molecular formula is C16H15BrClF2N. The van der Waals surface area contributed by atoms with Crippen molar-refractivity contribution in [2.75, 3.05) is 6.54 Å². The average molecular weight is 375 g/mol. The summed E-state index contributed by atoms with van der Waals surface area (Å²) in [6.45, 7) is 2.69. The lowest BCUT2D eigenvalue weighted by atomic mass is 9.98. The van der Waals surface area contributed by atoms with Crippen LogP contribution in [0.15, 0.2) is 40.9 Å². The number of hydrogen-bond donors (Lipinski definition) is 1. The Morgan fingerprint density at radius 3 is 2.67 bits per heavy atom. The van der Waals surface area contributed by atoms with Crippen LogP contribution in [0, 0.1) is 11.6 Å². The summed E-state index contributed by atoms with van der Waals surface area (Å²) in [5, 5.41) is 3.87. The molecule has 1 N–H and O–H groups in total. The SMILES string of the molecule is CCNC(Cc1cccc(F)c1F)c1ccc(Br)c(Cl)c1. The van der Waals surface area contributed by atoms with Crippen molar-refractivity contribution in [3.8, 4) is 0 Å². The molecule has 0 spiro atoms. The summed E-state index contributed by atoms with van der Waals surface area (Å²) < 4.78 is 27.9. The first-order valence-electron chi connectivity index (χ1n) is 6.64. The predicted molar refractivity (Wildman–Crippen MR) is 85.6 cm³/mol. The van der Waals surface area contributed by atoms with Crippen LogP contribution in [-0.4, -0.2) is 6.54 Å². The van der Waals surface area contributed by atoms with E-state index < -0.39 is 11.6 Å². The third-order valence-corrected chi connectivity index (χ3v) is 4.48. The third-order valence-electron chi connectivity index (χ3n) is 3.25. The molecule has 0 aromatic heterocycles. The molecule has 0 saturated heterocycles. The number of rotatable bonds is 5. The maximum absolute atomic E-state index is 13.8. The molecule has 2 rings (SSSR count). The van der Waals surface area contributed by atoms with Gasteiger partial charge in [-0.15, -0.1) is 0 Å². The molecule has 0 heterocycles. The van der Waals surface area contributed by atoms with E-state index >= 15 is 0 Å². The van der Waals surface area contributed by atoms with Crippen LogP contribution in [0.4, 0.5) is 8.78 Å². The van der Waals surface area contributed by atoms with Crippen LogP contribution in [0.3, 0.4) is 0 Å². The molecule has 2 aromatic carbocycles. The summed E-state index contributed by atoms with van der Waals surface area (Å²) in [6, 6.07) is 9.71. The molecule has 2 aromatic rings. The van der Waals surface area contributed by atoms with Gasteiger partial charge in [0.25, 0.3) is 0 Å². The van der Waals surface area contributed by atoms with Gasteiger partial charge < -0.3 is 5.32 Å². The van der Waals surface area contributed by atoms with E-state index in [1.165, 1.54) is 6.07 Å². The first-order chi connectivity index (χ1) is 10.0. The van der Waals surface area contributed by atoms with E-state index in [1.54, 1.807) is 6.07 Å². The normalized spacial score (nSPS) is 12.4. The Morgan fingerprint density at radius 1 is 1.24 bits per heavy atom. The van der Waals surface area contributed by atoms with Crippen LogP contribution in [0.5, 0.6) is 0 Å². The van der Waals surface area contributed by atoms with E-state index in [0.29, 0.717) is 17.0 Å². The minimum Gasteiger partial charge on any atom is -0.310 e. The smallest absolute Gasteiger partial charge is 0.162 e. The summed E-state index contributed by atoms with van der Waals surface area (Å²) in [5.74, 6) is -1.61. The van der Waals surface area contributed by atoms with Crippen LogP contribution >= 0.6 is 27.5 Å². The van der Waals surface area contributed by atoms with Crippen LogP contribution in [-0.2, 0) is 6.42 Å². The third kappa shape index (κ3) is 4.02. The number of nitrogens with one attached hydrogen (secondary N) is 1. The average Bonchev–Trinajstić information content (AvgIpc) is 2.46. The molecule has 0 aliphatic heterocycles. The molecule has 0 aliphatic rings. The van der Waals surface area contributed by atoms with Gasteiger partial charge in [0.15, 0.2) is 11.6 Å². The quantitative estimate of drug-likeness (QED) is 0.751. The van der Waals surface area contributed by atoms with Gasteiger partial charge in [0, 0.05) is 10.5 Å². The van der Waals surface area contributed by atoms with Gasteiger partial charge in [-0.2, -0.15) is 0 Å². The van der Waals surface area contributed by atoms with E-state index in [2.05, 4.69) is 21.2 Å². The summed E-state index contributed by atoms with van der Waals surface area (Å²) in [5.41, 5.74) is 1.29. The zero-order valence-electron chi connectivity index (χ0n) is 11.5. The molecule has 1 nitrogen and oxygen atoms in total. The zero-order chi connectivity index (χ0) is 15.4. The molecule has 0 radical (unpaired) electrons. The van der Waals surface area contributed by atoms with Gasteiger partial charge in [0.05, 0.1) is 5.02 Å². The van der Waals surface area contributed by atoms with Crippen LogP contribution in [0.25, 0.3) is 0 Å². The topological polar surface area (TPSA) is 12.0 Å². The predicted octanol–water partition coefficient (Wildman–Crippen LogP) is 5.27. The van der Waals surface area contributed by atoms with Gasteiger partial charge in [0.2, 0.25) is 0 Å². The highest BCUT2D eigenvalue weighted by atomic mass is 79.9. The fraction of sp³-hybridized carbons (Fsp3) is 0.250. The second-order valence-electron chi connectivity index (χ2n) is 4.70. The molecule has 112 valence electrons. The van der Waals surface area contributed by atoms with Crippen molar-refractivity contribution in [1.82, 2.24) is 5.32 Å². The Kier molecular flexibility index (Phi) is 5.73. The van der Waals surface area contributed by atoms with Crippen LogP contribution in [0.2, 0.25) is 5.02 Å². The molecule has 0 fully saturated rings. The fourth-order valence-electron chi connectivity index (χ4n) is 2.21. The van der Waals surface area contributed by atoms with Crippen LogP contribution < -0.4 is 5.32 Å². The largest absolute Gasteiger partial charge is 0.310 e. The molecule has 1 unspecified atom stereocenters. The Hall–Kier alpha value is -0.970. The Morgan fingerprint density at radius 2 is 2.00 bits per heavy atom. The summed E-state index contributed by atoms with van der Waals surface area (Å²) in [4.78, 5) is 0. The molecule has 0 amide bonds.